The quantitative estimate of drug-likeness (QED) is 0.310. The Morgan fingerprint density at radius 2 is 1.97 bits per heavy atom. The van der Waals surface area contributed by atoms with E-state index < -0.39 is 5.79 Å². The van der Waals surface area contributed by atoms with Gasteiger partial charge in [0, 0.05) is 19.8 Å². The average Bonchev–Trinajstić information content (AvgIpc) is 3.09. The highest BCUT2D eigenvalue weighted by Crippen LogP contribution is 2.62. The third kappa shape index (κ3) is 4.11. The second-order valence-corrected chi connectivity index (χ2v) is 10.2. The van der Waals surface area contributed by atoms with E-state index in [1.807, 2.05) is 32.9 Å². The minimum absolute atomic E-state index is 0.0884. The summed E-state index contributed by atoms with van der Waals surface area (Å²) >= 11 is 0. The summed E-state index contributed by atoms with van der Waals surface area (Å²) in [6, 6.07) is 6.13. The highest BCUT2D eigenvalue weighted by atomic mass is 16.7. The van der Waals surface area contributed by atoms with Gasteiger partial charge in [0.1, 0.15) is 5.75 Å². The number of ether oxygens (including phenoxy) is 4. The Morgan fingerprint density at radius 3 is 2.66 bits per heavy atom. The molecule has 1 aromatic rings. The summed E-state index contributed by atoms with van der Waals surface area (Å²) in [5.41, 5.74) is 3.09. The molecule has 176 valence electrons. The van der Waals surface area contributed by atoms with Crippen LogP contribution in [0.5, 0.6) is 5.75 Å². The van der Waals surface area contributed by atoms with Gasteiger partial charge in [-0.3, -0.25) is 0 Å². The molecule has 7 heteroatoms. The summed E-state index contributed by atoms with van der Waals surface area (Å²) in [4.78, 5) is 11.2. The molecule has 0 saturated heterocycles. The average molecular weight is 445 g/mol. The lowest BCUT2D eigenvalue weighted by Crippen LogP contribution is -2.47. The minimum Gasteiger partial charge on any atom is -0.465 e. The number of nitrogens with zero attached hydrogens (tertiary/aromatic N) is 2. The molecule has 0 spiro atoms. The van der Waals surface area contributed by atoms with Gasteiger partial charge >= 0.3 is 0 Å². The molecule has 4 rings (SSSR count). The molecule has 2 saturated carbocycles. The number of hydrogen-bond acceptors (Lipinski definition) is 6. The van der Waals surface area contributed by atoms with E-state index in [4.69, 9.17) is 18.9 Å². The van der Waals surface area contributed by atoms with Crippen LogP contribution in [-0.2, 0) is 14.2 Å². The summed E-state index contributed by atoms with van der Waals surface area (Å²) in [6.07, 6.45) is 4.93. The van der Waals surface area contributed by atoms with Crippen molar-refractivity contribution in [3.63, 3.8) is 0 Å². The molecule has 32 heavy (non-hydrogen) atoms. The van der Waals surface area contributed by atoms with E-state index >= 15 is 0 Å². The van der Waals surface area contributed by atoms with Gasteiger partial charge in [-0.15, -0.1) is 10.0 Å². The monoisotopic (exact) mass is 444 g/mol. The predicted molar refractivity (Wildman–Crippen MR) is 123 cm³/mol. The van der Waals surface area contributed by atoms with Crippen LogP contribution in [-0.4, -0.2) is 38.1 Å². The van der Waals surface area contributed by atoms with Crippen LogP contribution in [0.2, 0.25) is 0 Å². The molecule has 2 fully saturated rings. The van der Waals surface area contributed by atoms with Gasteiger partial charge in [0.2, 0.25) is 0 Å². The first-order valence-corrected chi connectivity index (χ1v) is 11.7. The number of methoxy groups -OCH3 is 2. The van der Waals surface area contributed by atoms with Crippen LogP contribution < -0.4 is 4.74 Å². The van der Waals surface area contributed by atoms with E-state index in [2.05, 4.69) is 23.4 Å². The maximum atomic E-state index is 11.2. The second-order valence-electron chi connectivity index (χ2n) is 10.2. The van der Waals surface area contributed by atoms with Crippen LogP contribution in [0, 0.1) is 22.2 Å². The number of hydrogen-bond donors (Lipinski definition) is 0. The first-order valence-electron chi connectivity index (χ1n) is 11.7. The third-order valence-electron chi connectivity index (χ3n) is 8.23. The zero-order valence-corrected chi connectivity index (χ0v) is 20.1. The molecule has 1 aromatic carbocycles. The fourth-order valence-electron chi connectivity index (χ4n) is 6.39. The maximum Gasteiger partial charge on any atom is 0.196 e. The van der Waals surface area contributed by atoms with Gasteiger partial charge in [-0.1, -0.05) is 13.0 Å². The molecule has 0 bridgehead atoms. The largest absolute Gasteiger partial charge is 0.465 e. The van der Waals surface area contributed by atoms with Crippen molar-refractivity contribution in [1.29, 1.82) is 0 Å². The van der Waals surface area contributed by atoms with E-state index in [-0.39, 0.29) is 17.8 Å². The number of benzene rings is 1. The van der Waals surface area contributed by atoms with E-state index in [0.29, 0.717) is 23.5 Å². The van der Waals surface area contributed by atoms with Crippen LogP contribution in [0.25, 0.3) is 0 Å². The van der Waals surface area contributed by atoms with Crippen molar-refractivity contribution in [2.45, 2.75) is 83.9 Å². The summed E-state index contributed by atoms with van der Waals surface area (Å²) in [7, 11) is 3.31. The zero-order valence-electron chi connectivity index (χ0n) is 20.1. The van der Waals surface area contributed by atoms with Crippen LogP contribution in [0.3, 0.4) is 0 Å². The van der Waals surface area contributed by atoms with Crippen LogP contribution in [0.15, 0.2) is 28.6 Å². The fourth-order valence-corrected chi connectivity index (χ4v) is 6.39. The topological polar surface area (TPSA) is 78.7 Å². The van der Waals surface area contributed by atoms with Gasteiger partial charge in [-0.2, -0.15) is 0 Å². The van der Waals surface area contributed by atoms with Crippen molar-refractivity contribution in [3.8, 4) is 5.75 Å². The molecule has 3 aliphatic carbocycles. The van der Waals surface area contributed by atoms with Crippen LogP contribution in [0.4, 0.5) is 0 Å². The predicted octanol–water partition coefficient (Wildman–Crippen LogP) is 5.61. The van der Waals surface area contributed by atoms with Gasteiger partial charge in [0.25, 0.3) is 0 Å². The summed E-state index contributed by atoms with van der Waals surface area (Å²) in [6.45, 7) is 8.20. The highest BCUT2D eigenvalue weighted by molar-refractivity contribution is 6.03. The first-order chi connectivity index (χ1) is 15.2. The van der Waals surface area contributed by atoms with Crippen molar-refractivity contribution in [2.75, 3.05) is 14.2 Å². The zero-order chi connectivity index (χ0) is 23.1. The maximum absolute atomic E-state index is 11.2. The van der Waals surface area contributed by atoms with Crippen molar-refractivity contribution >= 4 is 5.71 Å². The van der Waals surface area contributed by atoms with Crippen molar-refractivity contribution in [3.05, 3.63) is 34.2 Å². The number of nitroso groups, excluding NO2 is 1. The molecule has 7 nitrogen and oxygen atoms in total. The van der Waals surface area contributed by atoms with Gasteiger partial charge in [0.05, 0.1) is 17.1 Å². The lowest BCUT2D eigenvalue weighted by Gasteiger charge is -2.51. The van der Waals surface area contributed by atoms with Gasteiger partial charge in [-0.05, 0) is 93.7 Å². The van der Waals surface area contributed by atoms with Crippen molar-refractivity contribution in [1.82, 2.24) is 0 Å². The van der Waals surface area contributed by atoms with Gasteiger partial charge < -0.3 is 18.9 Å². The Labute approximate surface area is 190 Å². The highest BCUT2D eigenvalue weighted by Gasteiger charge is 2.56. The molecule has 0 heterocycles. The molecule has 0 N–H and O–H groups in total. The minimum atomic E-state index is -0.595. The molecule has 0 amide bonds. The molecule has 6 unspecified atom stereocenters. The Kier molecular flexibility index (Phi) is 6.45. The van der Waals surface area contributed by atoms with Crippen molar-refractivity contribution in [2.24, 2.45) is 27.6 Å². The lowest BCUT2D eigenvalue weighted by atomic mass is 9.55. The fraction of sp³-hybridized carbons (Fsp3) is 0.720. The summed E-state index contributed by atoms with van der Waals surface area (Å²) < 4.78 is 23.1. The molecule has 6 atom stereocenters. The molecule has 0 aliphatic heterocycles. The van der Waals surface area contributed by atoms with Gasteiger partial charge in [-0.25, -0.2) is 0 Å². The Balaban J connectivity index is 1.65. The molecule has 3 aliphatic rings. The number of fused-ring (bicyclic) bond motifs is 5. The molecule has 0 aromatic heterocycles. The third-order valence-corrected chi connectivity index (χ3v) is 8.23. The van der Waals surface area contributed by atoms with E-state index in [1.165, 1.54) is 5.56 Å². The normalized spacial score (nSPS) is 33.9. The van der Waals surface area contributed by atoms with Crippen LogP contribution in [0.1, 0.15) is 76.8 Å². The second kappa shape index (κ2) is 8.84. The molecular weight excluding hydrogens is 408 g/mol. The lowest BCUT2D eigenvalue weighted by molar-refractivity contribution is -0.245. The number of rotatable bonds is 7. The van der Waals surface area contributed by atoms with Crippen LogP contribution >= 0.6 is 0 Å². The molecular formula is C25H36N2O5. The van der Waals surface area contributed by atoms with E-state index in [0.717, 1.165) is 43.4 Å². The van der Waals surface area contributed by atoms with Crippen molar-refractivity contribution < 1.29 is 18.9 Å². The van der Waals surface area contributed by atoms with E-state index in [9.17, 15) is 4.91 Å². The Morgan fingerprint density at radius 1 is 1.19 bits per heavy atom. The first kappa shape index (κ1) is 23.3. The summed E-state index contributed by atoms with van der Waals surface area (Å²) in [5.74, 6) is 1.49. The SMILES string of the molecule is COC(C)Oc1ccc2c(c1)/C(=N/N=O)CC1C2CCC2(C)C(OC(C)(C)OC)CCC12. The van der Waals surface area contributed by atoms with Gasteiger partial charge in [0.15, 0.2) is 12.1 Å². The van der Waals surface area contributed by atoms with E-state index in [1.54, 1.807) is 14.2 Å². The Bertz CT molecular complexity index is 885. The summed E-state index contributed by atoms with van der Waals surface area (Å²) in [5, 5.41) is 6.94. The smallest absolute Gasteiger partial charge is 0.196 e. The Hall–Kier alpha value is -1.83. The standard InChI is InChI=1S/C25H36N2O5/c1-15(29-5)31-16-7-8-17-18-11-12-25(4)21(9-10-23(25)32-24(2,3)30-6)19(18)14-22(26-27-28)20(17)13-16/h7-8,13,15,18-19,21,23H,9-12,14H2,1-6H3/b26-22+. The molecule has 0 radical (unpaired) electrons.